The molecule has 1 fully saturated rings. The number of benzene rings is 1. The zero-order valence-corrected chi connectivity index (χ0v) is 15.4. The molecule has 0 unspecified atom stereocenters. The average molecular weight is 417 g/mol. The Morgan fingerprint density at radius 1 is 1.13 bits per heavy atom. The number of aliphatic carboxylic acids is 1. The molecule has 5 atom stereocenters. The number of ether oxygens (including phenoxy) is 1. The number of anilines is 1. The molecule has 1 saturated heterocycles. The van der Waals surface area contributed by atoms with Crippen molar-refractivity contribution in [3.63, 3.8) is 0 Å². The number of carboxylic acids is 1. The minimum atomic E-state index is -1.84. The van der Waals surface area contributed by atoms with Crippen molar-refractivity contribution in [2.24, 2.45) is 0 Å². The zero-order valence-electron chi connectivity index (χ0n) is 15.4. The first kappa shape index (κ1) is 20.0. The van der Waals surface area contributed by atoms with Crippen LogP contribution in [-0.4, -0.2) is 76.8 Å². The lowest BCUT2D eigenvalue weighted by Gasteiger charge is -2.38. The SMILES string of the molecule is Nc1nc(Cc2ccccc2)n(O[C@@H]2O[C@H](C(=O)O)[C@@H](O)[C@H](O)[C@H]2O)c2ncnc1-2. The summed E-state index contributed by atoms with van der Waals surface area (Å²) in [6.45, 7) is 0. The van der Waals surface area contributed by atoms with Gasteiger partial charge in [0.1, 0.15) is 24.6 Å². The highest BCUT2D eigenvalue weighted by molar-refractivity contribution is 5.73. The molecule has 0 spiro atoms. The standard InChI is InChI=1S/C18H19N5O7/c19-15-10-16(21-7-20-10)23(9(22-15)6-8-4-2-1-3-5-8)30-18-13(26)11(24)12(25)14(29-18)17(27)28/h1-5,7,11-14,18,24-26H,6,19H2,(H,27,28)/t11-,12-,13+,14-,18-/m0/s1. The number of carbonyl (C=O) groups is 1. The zero-order chi connectivity index (χ0) is 21.4. The molecule has 0 saturated carbocycles. The molecule has 0 bridgehead atoms. The molecular formula is C18H19N5O7. The van der Waals surface area contributed by atoms with Gasteiger partial charge in [-0.15, -0.1) is 4.73 Å². The second-order valence-electron chi connectivity index (χ2n) is 6.76. The highest BCUT2D eigenvalue weighted by atomic mass is 16.8. The van der Waals surface area contributed by atoms with Crippen LogP contribution in [0.5, 0.6) is 0 Å². The van der Waals surface area contributed by atoms with Crippen molar-refractivity contribution in [2.75, 3.05) is 5.73 Å². The van der Waals surface area contributed by atoms with E-state index in [0.717, 1.165) is 10.3 Å². The lowest BCUT2D eigenvalue weighted by molar-refractivity contribution is -0.294. The molecule has 1 aromatic rings. The molecule has 1 aromatic carbocycles. The number of imidazole rings is 1. The van der Waals surface area contributed by atoms with Crippen molar-refractivity contribution in [2.45, 2.75) is 37.1 Å². The summed E-state index contributed by atoms with van der Waals surface area (Å²) in [6, 6.07) is 9.25. The first-order valence-electron chi connectivity index (χ1n) is 8.98. The number of aromatic nitrogens is 4. The first-order chi connectivity index (χ1) is 14.4. The third kappa shape index (κ3) is 3.52. The van der Waals surface area contributed by atoms with Crippen LogP contribution in [0.1, 0.15) is 11.4 Å². The van der Waals surface area contributed by atoms with Gasteiger partial charge in [-0.2, -0.15) is 0 Å². The summed E-state index contributed by atoms with van der Waals surface area (Å²) in [6.07, 6.45) is -7.36. The first-order valence-corrected chi connectivity index (χ1v) is 8.98. The van der Waals surface area contributed by atoms with Crippen molar-refractivity contribution in [1.29, 1.82) is 0 Å². The van der Waals surface area contributed by atoms with E-state index in [-0.39, 0.29) is 29.6 Å². The van der Waals surface area contributed by atoms with Gasteiger partial charge in [-0.25, -0.2) is 19.7 Å². The fraction of sp³-hybridized carbons (Fsp3) is 0.333. The van der Waals surface area contributed by atoms with Gasteiger partial charge in [0.15, 0.2) is 23.4 Å². The van der Waals surface area contributed by atoms with Crippen LogP contribution in [0.2, 0.25) is 0 Å². The number of hydrogen-bond acceptors (Lipinski definition) is 10. The van der Waals surface area contributed by atoms with E-state index in [1.54, 1.807) is 0 Å². The van der Waals surface area contributed by atoms with Crippen LogP contribution in [0.4, 0.5) is 5.82 Å². The molecule has 12 heteroatoms. The van der Waals surface area contributed by atoms with E-state index in [1.165, 1.54) is 6.33 Å². The van der Waals surface area contributed by atoms with Crippen LogP contribution in [0.25, 0.3) is 11.5 Å². The number of rotatable bonds is 5. The number of carboxylic acid groups (broad SMARTS) is 1. The average Bonchev–Trinajstić information content (AvgIpc) is 3.22. The quantitative estimate of drug-likeness (QED) is 0.317. The predicted molar refractivity (Wildman–Crippen MR) is 99.0 cm³/mol. The third-order valence-electron chi connectivity index (χ3n) is 4.72. The van der Waals surface area contributed by atoms with Gasteiger partial charge >= 0.3 is 5.97 Å². The molecule has 3 aliphatic rings. The molecule has 4 rings (SSSR count). The van der Waals surface area contributed by atoms with Gasteiger partial charge in [-0.1, -0.05) is 30.3 Å². The van der Waals surface area contributed by atoms with E-state index < -0.39 is 36.7 Å². The van der Waals surface area contributed by atoms with E-state index in [4.69, 9.17) is 15.3 Å². The Balaban J connectivity index is 1.72. The van der Waals surface area contributed by atoms with Gasteiger partial charge < -0.3 is 35.7 Å². The van der Waals surface area contributed by atoms with Crippen LogP contribution < -0.4 is 10.6 Å². The summed E-state index contributed by atoms with van der Waals surface area (Å²) in [5, 5.41) is 39.4. The molecular weight excluding hydrogens is 398 g/mol. The molecule has 0 aromatic heterocycles. The highest BCUT2D eigenvalue weighted by Crippen LogP contribution is 2.27. The second kappa shape index (κ2) is 7.84. The highest BCUT2D eigenvalue weighted by Gasteiger charge is 2.48. The Morgan fingerprint density at radius 3 is 2.57 bits per heavy atom. The summed E-state index contributed by atoms with van der Waals surface area (Å²) in [7, 11) is 0. The molecule has 3 heterocycles. The Bertz CT molecular complexity index is 1010. The summed E-state index contributed by atoms with van der Waals surface area (Å²) in [4.78, 5) is 29.5. The summed E-state index contributed by atoms with van der Waals surface area (Å²) in [5.41, 5.74) is 7.07. The Hall–Kier alpha value is -3.32. The van der Waals surface area contributed by atoms with Crippen molar-refractivity contribution < 1.29 is 34.8 Å². The lowest BCUT2D eigenvalue weighted by atomic mass is 9.99. The van der Waals surface area contributed by atoms with E-state index in [9.17, 15) is 25.2 Å². The smallest absolute Gasteiger partial charge is 0.335 e. The molecule has 6 N–H and O–H groups in total. The van der Waals surface area contributed by atoms with Crippen LogP contribution >= 0.6 is 0 Å². The van der Waals surface area contributed by atoms with Crippen molar-refractivity contribution in [3.05, 3.63) is 48.0 Å². The second-order valence-corrected chi connectivity index (χ2v) is 6.76. The Labute approximate surface area is 169 Å². The number of nitrogens with two attached hydrogens (primary N) is 1. The molecule has 0 aliphatic carbocycles. The molecule has 0 amide bonds. The Morgan fingerprint density at radius 2 is 1.87 bits per heavy atom. The molecule has 158 valence electrons. The van der Waals surface area contributed by atoms with Gasteiger partial charge in [-0.05, 0) is 5.56 Å². The normalized spacial score (nSPS) is 26.6. The number of nitrogens with zero attached hydrogens (tertiary/aromatic N) is 4. The summed E-state index contributed by atoms with van der Waals surface area (Å²) in [5.74, 6) is -0.978. The maximum Gasteiger partial charge on any atom is 0.335 e. The lowest BCUT2D eigenvalue weighted by Crippen LogP contribution is -2.62. The van der Waals surface area contributed by atoms with E-state index in [0.29, 0.717) is 0 Å². The van der Waals surface area contributed by atoms with E-state index in [2.05, 4.69) is 15.0 Å². The van der Waals surface area contributed by atoms with Gasteiger partial charge in [0.2, 0.25) is 5.82 Å². The van der Waals surface area contributed by atoms with Crippen LogP contribution in [-0.2, 0) is 16.0 Å². The van der Waals surface area contributed by atoms with Crippen LogP contribution in [0.15, 0.2) is 36.7 Å². The Kier molecular flexibility index (Phi) is 5.22. The summed E-state index contributed by atoms with van der Waals surface area (Å²) < 4.78 is 6.33. The maximum atomic E-state index is 11.3. The minimum Gasteiger partial charge on any atom is -0.479 e. The largest absolute Gasteiger partial charge is 0.479 e. The number of nitrogen functional groups attached to an aromatic ring is 1. The predicted octanol–water partition coefficient (Wildman–Crippen LogP) is -1.73. The van der Waals surface area contributed by atoms with Gasteiger partial charge in [0.25, 0.3) is 6.29 Å². The summed E-state index contributed by atoms with van der Waals surface area (Å²) >= 11 is 0. The van der Waals surface area contributed by atoms with Gasteiger partial charge in [-0.3, -0.25) is 0 Å². The minimum absolute atomic E-state index is 0.109. The van der Waals surface area contributed by atoms with Crippen molar-refractivity contribution in [1.82, 2.24) is 19.7 Å². The van der Waals surface area contributed by atoms with Crippen LogP contribution in [0.3, 0.4) is 0 Å². The molecule has 3 aliphatic heterocycles. The number of aliphatic hydroxyl groups excluding tert-OH is 3. The molecule has 12 nitrogen and oxygen atoms in total. The fourth-order valence-electron chi connectivity index (χ4n) is 3.19. The topological polar surface area (TPSA) is 186 Å². The number of hydrogen-bond donors (Lipinski definition) is 5. The van der Waals surface area contributed by atoms with Crippen molar-refractivity contribution >= 4 is 11.8 Å². The van der Waals surface area contributed by atoms with Crippen molar-refractivity contribution in [3.8, 4) is 11.5 Å². The van der Waals surface area contributed by atoms with E-state index >= 15 is 0 Å². The number of aliphatic hydroxyl groups is 3. The molecule has 30 heavy (non-hydrogen) atoms. The fourth-order valence-corrected chi connectivity index (χ4v) is 3.19. The maximum absolute atomic E-state index is 11.3. The van der Waals surface area contributed by atoms with E-state index in [1.807, 2.05) is 30.3 Å². The van der Waals surface area contributed by atoms with Gasteiger partial charge in [0, 0.05) is 6.42 Å². The molecule has 0 radical (unpaired) electrons. The van der Waals surface area contributed by atoms with Gasteiger partial charge in [0.05, 0.1) is 0 Å². The van der Waals surface area contributed by atoms with Crippen LogP contribution in [0, 0.1) is 0 Å². The number of fused-ring (bicyclic) bond motifs is 1. The third-order valence-corrected chi connectivity index (χ3v) is 4.72. The monoisotopic (exact) mass is 417 g/mol.